The molecule has 146 valence electrons. The van der Waals surface area contributed by atoms with Gasteiger partial charge in [0.1, 0.15) is 0 Å². The molecule has 0 aromatic heterocycles. The monoisotopic (exact) mass is 348 g/mol. The van der Waals surface area contributed by atoms with Gasteiger partial charge < -0.3 is 24.1 Å². The first-order chi connectivity index (χ1) is 11.8. The predicted octanol–water partition coefficient (Wildman–Crippen LogP) is 3.43. The van der Waals surface area contributed by atoms with Crippen LogP contribution < -0.4 is 0 Å². The van der Waals surface area contributed by atoms with Crippen LogP contribution >= 0.6 is 0 Å². The van der Waals surface area contributed by atoms with Gasteiger partial charge in [-0.2, -0.15) is 0 Å². The van der Waals surface area contributed by atoms with Gasteiger partial charge in [-0.1, -0.05) is 52.4 Å². The molecule has 0 aliphatic heterocycles. The minimum Gasteiger partial charge on any atom is -0.394 e. The van der Waals surface area contributed by atoms with Gasteiger partial charge in [-0.15, -0.1) is 0 Å². The van der Waals surface area contributed by atoms with Crippen molar-refractivity contribution >= 4 is 0 Å². The zero-order valence-corrected chi connectivity index (χ0v) is 16.0. The van der Waals surface area contributed by atoms with Gasteiger partial charge in [-0.3, -0.25) is 0 Å². The van der Waals surface area contributed by atoms with E-state index < -0.39 is 0 Å². The maximum absolute atomic E-state index is 8.54. The zero-order chi connectivity index (χ0) is 17.7. The molecule has 0 heterocycles. The van der Waals surface area contributed by atoms with E-state index in [1.165, 1.54) is 44.9 Å². The van der Waals surface area contributed by atoms with Crippen LogP contribution in [0.5, 0.6) is 0 Å². The number of ether oxygens (including phenoxy) is 4. The lowest BCUT2D eigenvalue weighted by Gasteiger charge is -2.15. The van der Waals surface area contributed by atoms with Gasteiger partial charge in [0.15, 0.2) is 0 Å². The minimum atomic E-state index is 0.0564. The van der Waals surface area contributed by atoms with Crippen molar-refractivity contribution in [1.29, 1.82) is 0 Å². The van der Waals surface area contributed by atoms with Crippen LogP contribution in [0.1, 0.15) is 58.8 Å². The highest BCUT2D eigenvalue weighted by molar-refractivity contribution is 4.57. The first kappa shape index (κ1) is 23.8. The van der Waals surface area contributed by atoms with Crippen molar-refractivity contribution < 1.29 is 24.1 Å². The molecule has 0 aliphatic rings. The fraction of sp³-hybridized carbons (Fsp3) is 1.00. The normalized spacial score (nSPS) is 12.6. The van der Waals surface area contributed by atoms with Gasteiger partial charge in [-0.25, -0.2) is 0 Å². The van der Waals surface area contributed by atoms with E-state index in [2.05, 4.69) is 13.8 Å². The molecule has 1 N–H and O–H groups in total. The summed E-state index contributed by atoms with van der Waals surface area (Å²) < 4.78 is 21.6. The number of rotatable bonds is 20. The van der Waals surface area contributed by atoms with E-state index in [1.807, 2.05) is 0 Å². The second-order valence-electron chi connectivity index (χ2n) is 6.11. The Morgan fingerprint density at radius 2 is 1.21 bits per heavy atom. The molecule has 0 aromatic carbocycles. The molecule has 24 heavy (non-hydrogen) atoms. The molecular formula is C19H40O5. The minimum absolute atomic E-state index is 0.0564. The number of hydrogen-bond acceptors (Lipinski definition) is 5. The molecule has 0 aromatic rings. The van der Waals surface area contributed by atoms with Crippen molar-refractivity contribution in [3.63, 3.8) is 0 Å². The maximum atomic E-state index is 8.54. The second kappa shape index (κ2) is 20.8. The Bertz CT molecular complexity index is 226. The Morgan fingerprint density at radius 1 is 0.667 bits per heavy atom. The van der Waals surface area contributed by atoms with Gasteiger partial charge in [0.25, 0.3) is 0 Å². The smallest absolute Gasteiger partial charge is 0.0701 e. The molecule has 0 rings (SSSR count). The third-order valence-corrected chi connectivity index (χ3v) is 4.00. The fourth-order valence-electron chi connectivity index (χ4n) is 2.42. The summed E-state index contributed by atoms with van der Waals surface area (Å²) in [6.07, 6.45) is 9.22. The molecule has 5 nitrogen and oxygen atoms in total. The maximum Gasteiger partial charge on any atom is 0.0701 e. The van der Waals surface area contributed by atoms with E-state index in [0.29, 0.717) is 52.2 Å². The van der Waals surface area contributed by atoms with Crippen LogP contribution in [0, 0.1) is 5.92 Å². The molecule has 1 atom stereocenters. The lowest BCUT2D eigenvalue weighted by Crippen LogP contribution is -2.14. The van der Waals surface area contributed by atoms with E-state index in [4.69, 9.17) is 24.1 Å². The summed E-state index contributed by atoms with van der Waals surface area (Å²) in [7, 11) is 0. The number of aliphatic hydroxyl groups excluding tert-OH is 1. The average molecular weight is 349 g/mol. The lowest BCUT2D eigenvalue weighted by molar-refractivity contribution is -0.00948. The zero-order valence-electron chi connectivity index (χ0n) is 16.0. The summed E-state index contributed by atoms with van der Waals surface area (Å²) in [4.78, 5) is 0. The Hall–Kier alpha value is -0.200. The van der Waals surface area contributed by atoms with E-state index in [-0.39, 0.29) is 6.61 Å². The second-order valence-corrected chi connectivity index (χ2v) is 6.11. The highest BCUT2D eigenvalue weighted by Crippen LogP contribution is 2.15. The Balaban J connectivity index is 3.23. The van der Waals surface area contributed by atoms with Crippen LogP contribution in [-0.4, -0.2) is 64.6 Å². The average Bonchev–Trinajstić information content (AvgIpc) is 2.60. The van der Waals surface area contributed by atoms with Crippen molar-refractivity contribution in [3.8, 4) is 0 Å². The van der Waals surface area contributed by atoms with Crippen LogP contribution in [0.2, 0.25) is 0 Å². The molecule has 0 bridgehead atoms. The molecule has 0 saturated heterocycles. The summed E-state index contributed by atoms with van der Waals surface area (Å²) in [6, 6.07) is 0. The number of unbranched alkanes of at least 4 members (excludes halogenated alkanes) is 4. The first-order valence-electron chi connectivity index (χ1n) is 9.76. The van der Waals surface area contributed by atoms with Crippen LogP contribution in [0.15, 0.2) is 0 Å². The van der Waals surface area contributed by atoms with Crippen LogP contribution in [0.3, 0.4) is 0 Å². The Kier molecular flexibility index (Phi) is 20.7. The third-order valence-electron chi connectivity index (χ3n) is 4.00. The van der Waals surface area contributed by atoms with Crippen LogP contribution in [-0.2, 0) is 18.9 Å². The summed E-state index contributed by atoms with van der Waals surface area (Å²) >= 11 is 0. The quantitative estimate of drug-likeness (QED) is 0.342. The molecule has 0 saturated carbocycles. The number of hydrogen-bond donors (Lipinski definition) is 1. The van der Waals surface area contributed by atoms with E-state index in [1.54, 1.807) is 0 Å². The highest BCUT2D eigenvalue weighted by atomic mass is 16.6. The summed E-state index contributed by atoms with van der Waals surface area (Å²) in [6.45, 7) is 9.26. The molecule has 0 spiro atoms. The van der Waals surface area contributed by atoms with Crippen LogP contribution in [0.25, 0.3) is 0 Å². The third kappa shape index (κ3) is 18.1. The van der Waals surface area contributed by atoms with Crippen molar-refractivity contribution in [3.05, 3.63) is 0 Å². The largest absolute Gasteiger partial charge is 0.394 e. The standard InChI is InChI=1S/C19H40O5/c1-3-5-6-7-8-9-19(4-2)18-24-17-16-23-15-14-22-13-12-21-11-10-20/h19-20H,3-18H2,1-2H3. The van der Waals surface area contributed by atoms with Gasteiger partial charge in [-0.05, 0) is 12.3 Å². The highest BCUT2D eigenvalue weighted by Gasteiger charge is 2.06. The van der Waals surface area contributed by atoms with E-state index in [9.17, 15) is 0 Å². The molecule has 0 aliphatic carbocycles. The Morgan fingerprint density at radius 3 is 1.75 bits per heavy atom. The van der Waals surface area contributed by atoms with Crippen LogP contribution in [0.4, 0.5) is 0 Å². The van der Waals surface area contributed by atoms with Gasteiger partial charge in [0.2, 0.25) is 0 Å². The molecule has 0 amide bonds. The SMILES string of the molecule is CCCCCCCC(CC)COCCOCCOCCOCCO. The lowest BCUT2D eigenvalue weighted by atomic mass is 9.99. The van der Waals surface area contributed by atoms with Gasteiger partial charge in [0, 0.05) is 6.61 Å². The van der Waals surface area contributed by atoms with Crippen molar-refractivity contribution in [1.82, 2.24) is 0 Å². The topological polar surface area (TPSA) is 57.2 Å². The fourth-order valence-corrected chi connectivity index (χ4v) is 2.42. The van der Waals surface area contributed by atoms with Gasteiger partial charge >= 0.3 is 0 Å². The molecular weight excluding hydrogens is 308 g/mol. The van der Waals surface area contributed by atoms with Crippen molar-refractivity contribution in [2.24, 2.45) is 5.92 Å². The summed E-state index contributed by atoms with van der Waals surface area (Å²) in [5, 5.41) is 8.54. The van der Waals surface area contributed by atoms with Crippen molar-refractivity contribution in [2.75, 3.05) is 59.5 Å². The molecule has 0 fully saturated rings. The van der Waals surface area contributed by atoms with E-state index in [0.717, 1.165) is 6.61 Å². The Labute approximate surface area is 149 Å². The summed E-state index contributed by atoms with van der Waals surface area (Å²) in [5.74, 6) is 0.689. The number of aliphatic hydroxyl groups is 1. The molecule has 0 radical (unpaired) electrons. The van der Waals surface area contributed by atoms with Gasteiger partial charge in [0.05, 0.1) is 52.9 Å². The molecule has 1 unspecified atom stereocenters. The molecule has 5 heteroatoms. The van der Waals surface area contributed by atoms with Crippen molar-refractivity contribution in [2.45, 2.75) is 58.8 Å². The summed E-state index contributed by atoms with van der Waals surface area (Å²) in [5.41, 5.74) is 0. The first-order valence-corrected chi connectivity index (χ1v) is 9.76. The predicted molar refractivity (Wildman–Crippen MR) is 97.5 cm³/mol. The van der Waals surface area contributed by atoms with E-state index >= 15 is 0 Å².